The third kappa shape index (κ3) is 26.5. The number of allylic oxidation sites excluding steroid dienone is 3. The average Bonchev–Trinajstić information content (AvgIpc) is 2.92. The molecule has 0 aliphatic rings. The van der Waals surface area contributed by atoms with E-state index in [9.17, 15) is 15.0 Å². The van der Waals surface area contributed by atoms with Gasteiger partial charge in [0.15, 0.2) is 0 Å². The van der Waals surface area contributed by atoms with Gasteiger partial charge in [0.05, 0.1) is 18.8 Å². The van der Waals surface area contributed by atoms with Crippen molar-refractivity contribution in [3.63, 3.8) is 0 Å². The molecular formula is C34H65NO3. The highest BCUT2D eigenvalue weighted by Crippen LogP contribution is 2.13. The number of aliphatic hydroxyl groups excluding tert-OH is 2. The van der Waals surface area contributed by atoms with Crippen molar-refractivity contribution in [2.45, 2.75) is 180 Å². The molecule has 0 rings (SSSR count). The van der Waals surface area contributed by atoms with Crippen molar-refractivity contribution in [3.8, 4) is 0 Å². The normalized spacial score (nSPS) is 13.5. The van der Waals surface area contributed by atoms with E-state index >= 15 is 0 Å². The van der Waals surface area contributed by atoms with Gasteiger partial charge in [0, 0.05) is 6.42 Å². The van der Waals surface area contributed by atoms with E-state index in [1.54, 1.807) is 6.08 Å². The minimum atomic E-state index is -0.837. The summed E-state index contributed by atoms with van der Waals surface area (Å²) in [5.41, 5.74) is 0. The van der Waals surface area contributed by atoms with Gasteiger partial charge in [-0.25, -0.2) is 0 Å². The second-order valence-electron chi connectivity index (χ2n) is 11.2. The van der Waals surface area contributed by atoms with Crippen molar-refractivity contribution >= 4 is 5.91 Å². The smallest absolute Gasteiger partial charge is 0.220 e. The van der Waals surface area contributed by atoms with Crippen LogP contribution in [0.1, 0.15) is 168 Å². The highest BCUT2D eigenvalue weighted by atomic mass is 16.3. The summed E-state index contributed by atoms with van der Waals surface area (Å²) < 4.78 is 0. The summed E-state index contributed by atoms with van der Waals surface area (Å²) in [6, 6.07) is -0.618. The third-order valence-corrected chi connectivity index (χ3v) is 7.41. The van der Waals surface area contributed by atoms with Crippen LogP contribution in [0.5, 0.6) is 0 Å². The Kier molecular flexibility index (Phi) is 29.5. The van der Waals surface area contributed by atoms with Gasteiger partial charge in [0.1, 0.15) is 0 Å². The lowest BCUT2D eigenvalue weighted by molar-refractivity contribution is -0.123. The Morgan fingerprint density at radius 3 is 1.55 bits per heavy atom. The van der Waals surface area contributed by atoms with Crippen LogP contribution in [-0.2, 0) is 4.79 Å². The Morgan fingerprint density at radius 2 is 1.05 bits per heavy atom. The Labute approximate surface area is 237 Å². The molecule has 0 aromatic rings. The molecule has 1 amide bonds. The molecule has 0 saturated heterocycles. The van der Waals surface area contributed by atoms with Gasteiger partial charge in [-0.2, -0.15) is 0 Å². The molecule has 38 heavy (non-hydrogen) atoms. The van der Waals surface area contributed by atoms with Crippen LogP contribution in [-0.4, -0.2) is 34.9 Å². The van der Waals surface area contributed by atoms with E-state index in [-0.39, 0.29) is 12.5 Å². The third-order valence-electron chi connectivity index (χ3n) is 7.41. The topological polar surface area (TPSA) is 69.6 Å². The standard InChI is InChI=1S/C34H65NO3/c1-3-5-7-9-11-13-15-17-19-21-23-25-27-29-33(37)32(31-36)35-34(38)30-28-26-24-22-20-18-16-14-12-10-8-6-4-2/h7,9,27,29,32-33,36-37H,3-6,8,10-26,28,30-31H2,1-2H3,(H,35,38). The maximum atomic E-state index is 12.2. The van der Waals surface area contributed by atoms with E-state index < -0.39 is 12.1 Å². The zero-order chi connectivity index (χ0) is 27.9. The molecule has 0 fully saturated rings. The van der Waals surface area contributed by atoms with E-state index in [0.717, 1.165) is 25.7 Å². The lowest BCUT2D eigenvalue weighted by Crippen LogP contribution is -2.45. The number of hydrogen-bond donors (Lipinski definition) is 3. The maximum Gasteiger partial charge on any atom is 0.220 e. The number of hydrogen-bond acceptors (Lipinski definition) is 3. The Balaban J connectivity index is 3.66. The second kappa shape index (κ2) is 30.4. The summed E-state index contributed by atoms with van der Waals surface area (Å²) in [6.45, 7) is 4.23. The molecule has 2 unspecified atom stereocenters. The molecule has 4 heteroatoms. The number of carbonyl (C=O) groups is 1. The molecule has 0 heterocycles. The average molecular weight is 536 g/mol. The van der Waals surface area contributed by atoms with Crippen LogP contribution in [0.15, 0.2) is 24.3 Å². The van der Waals surface area contributed by atoms with Gasteiger partial charge in [-0.05, 0) is 38.5 Å². The minimum Gasteiger partial charge on any atom is -0.394 e. The second-order valence-corrected chi connectivity index (χ2v) is 11.2. The van der Waals surface area contributed by atoms with Crippen LogP contribution in [0, 0.1) is 0 Å². The molecule has 0 spiro atoms. The molecule has 2 atom stereocenters. The van der Waals surface area contributed by atoms with E-state index in [2.05, 4.69) is 31.3 Å². The molecule has 0 bridgehead atoms. The molecule has 0 aromatic carbocycles. The monoisotopic (exact) mass is 535 g/mol. The van der Waals surface area contributed by atoms with Crippen LogP contribution < -0.4 is 5.32 Å². The summed E-state index contributed by atoms with van der Waals surface area (Å²) in [6.07, 6.45) is 36.8. The number of rotatable bonds is 29. The van der Waals surface area contributed by atoms with E-state index in [1.165, 1.54) is 122 Å². The number of nitrogens with one attached hydrogen (secondary N) is 1. The van der Waals surface area contributed by atoms with Crippen LogP contribution in [0.4, 0.5) is 0 Å². The van der Waals surface area contributed by atoms with Crippen LogP contribution in [0.2, 0.25) is 0 Å². The van der Waals surface area contributed by atoms with Crippen molar-refractivity contribution < 1.29 is 15.0 Å². The first-order valence-corrected chi connectivity index (χ1v) is 16.6. The molecule has 224 valence electrons. The maximum absolute atomic E-state index is 12.2. The summed E-state index contributed by atoms with van der Waals surface area (Å²) >= 11 is 0. The summed E-state index contributed by atoms with van der Waals surface area (Å²) in [7, 11) is 0. The minimum absolute atomic E-state index is 0.0690. The molecule has 3 N–H and O–H groups in total. The Bertz CT molecular complexity index is 546. The zero-order valence-electron chi connectivity index (χ0n) is 25.4. The van der Waals surface area contributed by atoms with E-state index in [1.807, 2.05) is 6.08 Å². The number of aliphatic hydroxyl groups is 2. The zero-order valence-corrected chi connectivity index (χ0v) is 25.4. The van der Waals surface area contributed by atoms with Gasteiger partial charge < -0.3 is 15.5 Å². The quantitative estimate of drug-likeness (QED) is 0.0660. The largest absolute Gasteiger partial charge is 0.394 e. The van der Waals surface area contributed by atoms with Crippen molar-refractivity contribution in [2.24, 2.45) is 0 Å². The van der Waals surface area contributed by atoms with Gasteiger partial charge in [-0.1, -0.05) is 147 Å². The summed E-state index contributed by atoms with van der Waals surface area (Å²) in [5, 5.41) is 22.8. The van der Waals surface area contributed by atoms with Crippen LogP contribution >= 0.6 is 0 Å². The highest BCUT2D eigenvalue weighted by Gasteiger charge is 2.17. The molecule has 0 saturated carbocycles. The van der Waals surface area contributed by atoms with Crippen LogP contribution in [0.3, 0.4) is 0 Å². The van der Waals surface area contributed by atoms with Gasteiger partial charge >= 0.3 is 0 Å². The van der Waals surface area contributed by atoms with Gasteiger partial charge in [-0.3, -0.25) is 4.79 Å². The number of amides is 1. The van der Waals surface area contributed by atoms with E-state index in [0.29, 0.717) is 6.42 Å². The predicted octanol–water partition coefficient (Wildman–Crippen LogP) is 9.34. The first-order chi connectivity index (χ1) is 18.7. The molecule has 0 aliphatic heterocycles. The molecule has 0 aromatic heterocycles. The molecular weight excluding hydrogens is 470 g/mol. The predicted molar refractivity (Wildman–Crippen MR) is 165 cm³/mol. The summed E-state index contributed by atoms with van der Waals surface area (Å²) in [5.74, 6) is -0.0690. The fraction of sp³-hybridized carbons (Fsp3) is 0.853. The number of unbranched alkanes of at least 4 members (excludes halogenated alkanes) is 20. The van der Waals surface area contributed by atoms with Crippen molar-refractivity contribution in [1.29, 1.82) is 0 Å². The molecule has 0 radical (unpaired) electrons. The fourth-order valence-corrected chi connectivity index (χ4v) is 4.82. The van der Waals surface area contributed by atoms with Crippen molar-refractivity contribution in [1.82, 2.24) is 5.32 Å². The molecule has 4 nitrogen and oxygen atoms in total. The first-order valence-electron chi connectivity index (χ1n) is 16.6. The Hall–Kier alpha value is -1.13. The van der Waals surface area contributed by atoms with E-state index in [4.69, 9.17) is 0 Å². The fourth-order valence-electron chi connectivity index (χ4n) is 4.82. The van der Waals surface area contributed by atoms with Gasteiger partial charge in [0.2, 0.25) is 5.91 Å². The van der Waals surface area contributed by atoms with Crippen LogP contribution in [0.25, 0.3) is 0 Å². The Morgan fingerprint density at radius 1 is 0.605 bits per heavy atom. The first kappa shape index (κ1) is 36.9. The highest BCUT2D eigenvalue weighted by molar-refractivity contribution is 5.76. The van der Waals surface area contributed by atoms with Gasteiger partial charge in [0.25, 0.3) is 0 Å². The van der Waals surface area contributed by atoms with Gasteiger partial charge in [-0.15, -0.1) is 0 Å². The SMILES string of the molecule is CCCC=CCCCCCCCCC=CC(O)C(CO)NC(=O)CCCCCCCCCCCCCCC. The lowest BCUT2D eigenvalue weighted by Gasteiger charge is -2.20. The van der Waals surface area contributed by atoms with Crippen molar-refractivity contribution in [3.05, 3.63) is 24.3 Å². The molecule has 0 aliphatic carbocycles. The van der Waals surface area contributed by atoms with Crippen molar-refractivity contribution in [2.75, 3.05) is 6.61 Å². The number of carbonyl (C=O) groups excluding carboxylic acids is 1. The summed E-state index contributed by atoms with van der Waals surface area (Å²) in [4.78, 5) is 12.2. The lowest BCUT2D eigenvalue weighted by atomic mass is 10.0.